The van der Waals surface area contributed by atoms with Gasteiger partial charge < -0.3 is 33.5 Å². The summed E-state index contributed by atoms with van der Waals surface area (Å²) in [6, 6.07) is 9.29. The highest BCUT2D eigenvalue weighted by molar-refractivity contribution is 6.09. The number of hydrogen-bond acceptors (Lipinski definition) is 2. The van der Waals surface area contributed by atoms with E-state index in [2.05, 4.69) is 17.6 Å². The smallest absolute Gasteiger partial charge is 0.416 e. The monoisotopic (exact) mass is 529 g/mol. The normalized spacial score (nSPS) is 17.8. The van der Waals surface area contributed by atoms with E-state index in [4.69, 9.17) is 9.47 Å². The number of hydrogen-bond donors (Lipinski definition) is 0. The second kappa shape index (κ2) is 8.99. The molecule has 160 valence electrons. The van der Waals surface area contributed by atoms with Crippen molar-refractivity contribution in [1.29, 1.82) is 0 Å². The molecular weight excluding hydrogens is 506 g/mol. The molecule has 0 bridgehead atoms. The van der Waals surface area contributed by atoms with E-state index >= 15 is 0 Å². The average Bonchev–Trinajstić information content (AvgIpc) is 3.14. The van der Waals surface area contributed by atoms with Gasteiger partial charge in [0.05, 0.1) is 11.1 Å². The molecular formula is C23H23F3INO2. The van der Waals surface area contributed by atoms with E-state index in [1.54, 1.807) is 0 Å². The topological polar surface area (TPSA) is 21.5 Å². The number of rotatable bonds is 4. The van der Waals surface area contributed by atoms with E-state index in [0.717, 1.165) is 59.9 Å². The number of likely N-dealkylation sites (N-methyl/N-ethyl adjacent to an activating group) is 1. The first-order valence-electron chi connectivity index (χ1n) is 9.74. The lowest BCUT2D eigenvalue weighted by Crippen LogP contribution is -3.00. The zero-order chi connectivity index (χ0) is 20.6. The van der Waals surface area contributed by atoms with Crippen LogP contribution < -0.4 is 33.5 Å². The van der Waals surface area contributed by atoms with Crippen molar-refractivity contribution in [2.75, 3.05) is 20.4 Å². The molecule has 2 heterocycles. The molecule has 0 radical (unpaired) electrons. The first kappa shape index (κ1) is 22.7. The number of ether oxygens (including phenoxy) is 2. The van der Waals surface area contributed by atoms with Crippen molar-refractivity contribution in [3.63, 3.8) is 0 Å². The average molecular weight is 529 g/mol. The van der Waals surface area contributed by atoms with E-state index in [9.17, 15) is 13.2 Å². The highest BCUT2D eigenvalue weighted by Gasteiger charge is 2.32. The summed E-state index contributed by atoms with van der Waals surface area (Å²) in [5.74, 6) is 1.91. The summed E-state index contributed by atoms with van der Waals surface area (Å²) >= 11 is 0. The quantitative estimate of drug-likeness (QED) is 0.449. The lowest BCUT2D eigenvalue weighted by Gasteiger charge is -2.23. The number of benzene rings is 2. The van der Waals surface area contributed by atoms with E-state index in [-0.39, 0.29) is 30.8 Å². The fourth-order valence-corrected chi connectivity index (χ4v) is 4.02. The van der Waals surface area contributed by atoms with Crippen molar-refractivity contribution < 1.29 is 51.2 Å². The molecule has 2 aliphatic rings. The van der Waals surface area contributed by atoms with Crippen LogP contribution in [0.1, 0.15) is 47.9 Å². The molecule has 1 atom stereocenters. The molecule has 2 aliphatic heterocycles. The van der Waals surface area contributed by atoms with Crippen molar-refractivity contribution in [3.05, 3.63) is 64.7 Å². The highest BCUT2D eigenvalue weighted by Crippen LogP contribution is 2.40. The van der Waals surface area contributed by atoms with Gasteiger partial charge in [0.15, 0.2) is 11.5 Å². The molecule has 0 amide bonds. The van der Waals surface area contributed by atoms with E-state index in [1.165, 1.54) is 17.7 Å². The molecule has 1 unspecified atom stereocenters. The molecule has 30 heavy (non-hydrogen) atoms. The summed E-state index contributed by atoms with van der Waals surface area (Å²) in [7, 11) is 2.04. The number of fused-ring (bicyclic) bond motifs is 2. The fraction of sp³-hybridized carbons (Fsp3) is 0.348. The maximum Gasteiger partial charge on any atom is 0.416 e. The van der Waals surface area contributed by atoms with Crippen molar-refractivity contribution in [3.8, 4) is 11.5 Å². The van der Waals surface area contributed by atoms with Crippen molar-refractivity contribution >= 4 is 11.8 Å². The Morgan fingerprint density at radius 2 is 1.73 bits per heavy atom. The van der Waals surface area contributed by atoms with Gasteiger partial charge in [-0.1, -0.05) is 25.5 Å². The third kappa shape index (κ3) is 4.50. The summed E-state index contributed by atoms with van der Waals surface area (Å²) in [5, 5.41) is 0. The van der Waals surface area contributed by atoms with Crippen LogP contribution in [0.5, 0.6) is 11.5 Å². The van der Waals surface area contributed by atoms with Crippen LogP contribution in [0.2, 0.25) is 0 Å². The number of alkyl halides is 3. The first-order valence-corrected chi connectivity index (χ1v) is 9.74. The molecule has 2 aromatic rings. The van der Waals surface area contributed by atoms with Gasteiger partial charge in [-0.3, -0.25) is 0 Å². The van der Waals surface area contributed by atoms with Gasteiger partial charge in [0.1, 0.15) is 13.6 Å². The van der Waals surface area contributed by atoms with E-state index in [1.807, 2.05) is 25.3 Å². The predicted molar refractivity (Wildman–Crippen MR) is 106 cm³/mol. The lowest BCUT2D eigenvalue weighted by atomic mass is 9.85. The van der Waals surface area contributed by atoms with Crippen LogP contribution in [-0.2, 0) is 6.18 Å². The molecule has 0 spiro atoms. The largest absolute Gasteiger partial charge is 1.00 e. The van der Waals surface area contributed by atoms with Crippen LogP contribution in [0.4, 0.5) is 13.2 Å². The van der Waals surface area contributed by atoms with Crippen LogP contribution in [0.15, 0.2) is 42.5 Å². The summed E-state index contributed by atoms with van der Waals surface area (Å²) in [6.45, 7) is 3.28. The second-order valence-corrected chi connectivity index (χ2v) is 7.50. The summed E-state index contributed by atoms with van der Waals surface area (Å²) in [4.78, 5) is 0. The minimum atomic E-state index is -4.32. The standard InChI is InChI=1S/C23H23F3NO2.HI/c1-3-4-16-13-27(2)20(19-12-22-21(11-18(16)19)28-14-29-22)10-7-15-5-8-17(9-6-15)23(24,25)26;/h5-12,16H,3-4,13-14H2,1-2H3;1H/q+1;/p-1. The van der Waals surface area contributed by atoms with Crippen LogP contribution in [0, 0.1) is 0 Å². The Morgan fingerprint density at radius 3 is 2.37 bits per heavy atom. The molecule has 0 N–H and O–H groups in total. The maximum absolute atomic E-state index is 12.8. The van der Waals surface area contributed by atoms with Crippen molar-refractivity contribution in [1.82, 2.24) is 0 Å². The molecule has 0 saturated heterocycles. The van der Waals surface area contributed by atoms with Crippen molar-refractivity contribution in [2.24, 2.45) is 0 Å². The fourth-order valence-electron chi connectivity index (χ4n) is 4.02. The molecule has 0 aliphatic carbocycles. The Labute approximate surface area is 191 Å². The molecule has 7 heteroatoms. The van der Waals surface area contributed by atoms with Gasteiger partial charge in [-0.05, 0) is 47.9 Å². The van der Waals surface area contributed by atoms with Gasteiger partial charge in [-0.2, -0.15) is 13.2 Å². The van der Waals surface area contributed by atoms with Crippen LogP contribution in [-0.4, -0.2) is 30.7 Å². The van der Waals surface area contributed by atoms with E-state index < -0.39 is 11.7 Å². The summed E-state index contributed by atoms with van der Waals surface area (Å²) in [5.41, 5.74) is 3.42. The molecule has 0 fully saturated rings. The van der Waals surface area contributed by atoms with Crippen LogP contribution in [0.25, 0.3) is 6.08 Å². The van der Waals surface area contributed by atoms with Crippen molar-refractivity contribution in [2.45, 2.75) is 31.9 Å². The zero-order valence-electron chi connectivity index (χ0n) is 16.8. The summed E-state index contributed by atoms with van der Waals surface area (Å²) < 4.78 is 51.6. The Balaban J connectivity index is 0.00000256. The van der Waals surface area contributed by atoms with Gasteiger partial charge in [0, 0.05) is 12.0 Å². The third-order valence-corrected chi connectivity index (χ3v) is 5.47. The molecule has 0 saturated carbocycles. The van der Waals surface area contributed by atoms with E-state index in [0.29, 0.717) is 5.92 Å². The minimum Gasteiger partial charge on any atom is -1.00 e. The van der Waals surface area contributed by atoms with Gasteiger partial charge in [0.25, 0.3) is 0 Å². The lowest BCUT2D eigenvalue weighted by molar-refractivity contribution is -0.501. The van der Waals surface area contributed by atoms with Crippen LogP contribution in [0.3, 0.4) is 0 Å². The molecule has 2 aromatic carbocycles. The zero-order valence-corrected chi connectivity index (χ0v) is 19.0. The third-order valence-electron chi connectivity index (χ3n) is 5.47. The molecule has 4 rings (SSSR count). The van der Waals surface area contributed by atoms with Gasteiger partial charge >= 0.3 is 6.18 Å². The predicted octanol–water partition coefficient (Wildman–Crippen LogP) is 2.48. The minimum absolute atomic E-state index is 0. The number of halogens is 4. The molecule has 0 aromatic heterocycles. The van der Waals surface area contributed by atoms with Gasteiger partial charge in [-0.15, -0.1) is 0 Å². The van der Waals surface area contributed by atoms with Gasteiger partial charge in [-0.25, -0.2) is 4.58 Å². The Hall–Kier alpha value is -2.03. The molecule has 3 nitrogen and oxygen atoms in total. The van der Waals surface area contributed by atoms with Gasteiger partial charge in [0.2, 0.25) is 12.5 Å². The Bertz CT molecular complexity index is 981. The number of allylic oxidation sites excluding steroid dienone is 1. The van der Waals surface area contributed by atoms with Crippen LogP contribution >= 0.6 is 0 Å². The summed E-state index contributed by atoms with van der Waals surface area (Å²) in [6.07, 6.45) is 1.65. The number of nitrogens with zero attached hydrogens (tertiary/aromatic N) is 1. The first-order chi connectivity index (χ1) is 13.9. The highest BCUT2D eigenvalue weighted by atomic mass is 127. The maximum atomic E-state index is 12.8. The second-order valence-electron chi connectivity index (χ2n) is 7.50. The SMILES string of the molecule is CCCC1C[N+](C)=C(C=Cc2ccc(C(F)(F)F)cc2)c2cc3c(cc21)OCO3.[I-]. The Morgan fingerprint density at radius 1 is 1.07 bits per heavy atom. The Kier molecular flexibility index (Phi) is 6.79.